The first-order valence-corrected chi connectivity index (χ1v) is 9.11. The number of halogens is 1. The van der Waals surface area contributed by atoms with Gasteiger partial charge in [-0.15, -0.1) is 12.4 Å². The number of rotatable bonds is 2. The van der Waals surface area contributed by atoms with Gasteiger partial charge >= 0.3 is 0 Å². The minimum atomic E-state index is 0. The van der Waals surface area contributed by atoms with E-state index in [0.717, 1.165) is 25.8 Å². The second-order valence-corrected chi connectivity index (χ2v) is 6.89. The first-order valence-electron chi connectivity index (χ1n) is 9.11. The summed E-state index contributed by atoms with van der Waals surface area (Å²) in [5.41, 5.74) is 0. The minimum Gasteiger partial charge on any atom is -0.303 e. The molecule has 0 radical (unpaired) electrons. The average Bonchev–Trinajstić information content (AvgIpc) is 2.47. The van der Waals surface area contributed by atoms with Gasteiger partial charge in [-0.25, -0.2) is 0 Å². The summed E-state index contributed by atoms with van der Waals surface area (Å²) in [6, 6.07) is 0. The zero-order chi connectivity index (χ0) is 14.0. The Bertz CT molecular complexity index is 276. The fourth-order valence-electron chi connectivity index (χ4n) is 3.76. The van der Waals surface area contributed by atoms with E-state index in [2.05, 4.69) is 4.90 Å². The highest BCUT2D eigenvalue weighted by Gasteiger charge is 2.22. The number of hydrogen-bond acceptors (Lipinski definition) is 2. The standard InChI is InChI=1S/C18H33NO.ClH/c20-18-13-9-6-4-2-1-3-5-8-12-17(18)16-19-14-10-7-11-15-19;/h17H,1-16H2;1H. The molecule has 2 rings (SSSR count). The Morgan fingerprint density at radius 1 is 0.762 bits per heavy atom. The molecule has 2 nitrogen and oxygen atoms in total. The van der Waals surface area contributed by atoms with E-state index in [1.165, 1.54) is 77.3 Å². The summed E-state index contributed by atoms with van der Waals surface area (Å²) in [5.74, 6) is 0.906. The van der Waals surface area contributed by atoms with Crippen molar-refractivity contribution in [3.63, 3.8) is 0 Å². The molecule has 0 amide bonds. The van der Waals surface area contributed by atoms with E-state index >= 15 is 0 Å². The maximum atomic E-state index is 12.5. The van der Waals surface area contributed by atoms with Crippen molar-refractivity contribution in [1.82, 2.24) is 4.90 Å². The van der Waals surface area contributed by atoms with E-state index in [9.17, 15) is 4.79 Å². The predicted molar refractivity (Wildman–Crippen MR) is 92.2 cm³/mol. The number of carbonyl (C=O) groups is 1. The molecule has 1 unspecified atom stereocenters. The maximum absolute atomic E-state index is 12.5. The van der Waals surface area contributed by atoms with Crippen molar-refractivity contribution in [2.45, 2.75) is 83.5 Å². The van der Waals surface area contributed by atoms with Gasteiger partial charge in [0.1, 0.15) is 5.78 Å². The summed E-state index contributed by atoms with van der Waals surface area (Å²) in [4.78, 5) is 15.0. The lowest BCUT2D eigenvalue weighted by molar-refractivity contribution is -0.124. The summed E-state index contributed by atoms with van der Waals surface area (Å²) < 4.78 is 0. The zero-order valence-electron chi connectivity index (χ0n) is 13.7. The summed E-state index contributed by atoms with van der Waals surface area (Å²) in [7, 11) is 0. The molecule has 1 aliphatic heterocycles. The molecule has 0 aromatic carbocycles. The van der Waals surface area contributed by atoms with Gasteiger partial charge in [-0.05, 0) is 38.8 Å². The van der Waals surface area contributed by atoms with Crippen molar-refractivity contribution >= 4 is 18.2 Å². The van der Waals surface area contributed by atoms with Gasteiger partial charge in [0.25, 0.3) is 0 Å². The molecule has 2 aliphatic rings. The van der Waals surface area contributed by atoms with Crippen LogP contribution in [0.3, 0.4) is 0 Å². The van der Waals surface area contributed by atoms with Crippen LogP contribution in [-0.4, -0.2) is 30.3 Å². The maximum Gasteiger partial charge on any atom is 0.137 e. The fourth-order valence-corrected chi connectivity index (χ4v) is 3.76. The van der Waals surface area contributed by atoms with Crippen LogP contribution in [0.4, 0.5) is 0 Å². The molecule has 0 aromatic rings. The van der Waals surface area contributed by atoms with E-state index in [1.807, 2.05) is 0 Å². The van der Waals surface area contributed by atoms with E-state index in [-0.39, 0.29) is 12.4 Å². The van der Waals surface area contributed by atoms with Crippen LogP contribution in [0.2, 0.25) is 0 Å². The lowest BCUT2D eigenvalue weighted by atomic mass is 9.91. The smallest absolute Gasteiger partial charge is 0.137 e. The van der Waals surface area contributed by atoms with Gasteiger partial charge in [0, 0.05) is 18.9 Å². The molecule has 1 saturated heterocycles. The van der Waals surface area contributed by atoms with Crippen LogP contribution >= 0.6 is 12.4 Å². The topological polar surface area (TPSA) is 20.3 Å². The summed E-state index contributed by atoms with van der Waals surface area (Å²) in [5, 5.41) is 0. The second-order valence-electron chi connectivity index (χ2n) is 6.89. The molecule has 0 aromatic heterocycles. The van der Waals surface area contributed by atoms with Gasteiger partial charge in [-0.1, -0.05) is 51.4 Å². The Hall–Kier alpha value is -0.0800. The van der Waals surface area contributed by atoms with Gasteiger partial charge in [0.15, 0.2) is 0 Å². The van der Waals surface area contributed by atoms with E-state index in [4.69, 9.17) is 0 Å². The number of Topliss-reactive ketones (excluding diaryl/α,β-unsaturated/α-hetero) is 1. The van der Waals surface area contributed by atoms with Crippen LogP contribution in [0.5, 0.6) is 0 Å². The van der Waals surface area contributed by atoms with E-state index < -0.39 is 0 Å². The highest BCUT2D eigenvalue weighted by molar-refractivity contribution is 5.85. The first-order chi connectivity index (χ1) is 9.86. The van der Waals surface area contributed by atoms with Crippen molar-refractivity contribution in [2.24, 2.45) is 5.92 Å². The van der Waals surface area contributed by atoms with Crippen LogP contribution in [0.1, 0.15) is 83.5 Å². The molecule has 0 N–H and O–H groups in total. The fraction of sp³-hybridized carbons (Fsp3) is 0.944. The molecule has 124 valence electrons. The Morgan fingerprint density at radius 2 is 1.29 bits per heavy atom. The first kappa shape index (κ1) is 19.0. The molecule has 21 heavy (non-hydrogen) atoms. The van der Waals surface area contributed by atoms with Gasteiger partial charge in [0.05, 0.1) is 0 Å². The third-order valence-electron chi connectivity index (χ3n) is 5.11. The Morgan fingerprint density at radius 3 is 1.95 bits per heavy atom. The molecule has 1 heterocycles. The number of piperidine rings is 1. The summed E-state index contributed by atoms with van der Waals surface area (Å²) >= 11 is 0. The number of nitrogens with zero attached hydrogens (tertiary/aromatic N) is 1. The molecule has 1 aliphatic carbocycles. The third kappa shape index (κ3) is 7.65. The van der Waals surface area contributed by atoms with Crippen LogP contribution in [0.25, 0.3) is 0 Å². The Labute approximate surface area is 137 Å². The van der Waals surface area contributed by atoms with Crippen molar-refractivity contribution < 1.29 is 4.79 Å². The van der Waals surface area contributed by atoms with Gasteiger partial charge in [-0.3, -0.25) is 4.79 Å². The van der Waals surface area contributed by atoms with Gasteiger partial charge in [0.2, 0.25) is 0 Å². The lowest BCUT2D eigenvalue weighted by Gasteiger charge is -2.30. The Kier molecular flexibility index (Phi) is 10.4. The minimum absolute atomic E-state index is 0. The van der Waals surface area contributed by atoms with Crippen molar-refractivity contribution in [3.05, 3.63) is 0 Å². The van der Waals surface area contributed by atoms with Gasteiger partial charge < -0.3 is 4.90 Å². The highest BCUT2D eigenvalue weighted by Crippen LogP contribution is 2.21. The number of hydrogen-bond donors (Lipinski definition) is 0. The van der Waals surface area contributed by atoms with Crippen LogP contribution in [0, 0.1) is 5.92 Å². The third-order valence-corrected chi connectivity index (χ3v) is 5.11. The normalized spacial score (nSPS) is 27.2. The molecular weight excluding hydrogens is 282 g/mol. The Balaban J connectivity index is 0.00000220. The molecule has 1 atom stereocenters. The monoisotopic (exact) mass is 315 g/mol. The summed E-state index contributed by atoms with van der Waals surface area (Å²) in [6.45, 7) is 3.51. The SMILES string of the molecule is Cl.O=C1CCCCCCCCCCC1CN1CCCCC1. The van der Waals surface area contributed by atoms with Crippen LogP contribution in [0.15, 0.2) is 0 Å². The average molecular weight is 316 g/mol. The number of likely N-dealkylation sites (tertiary alicyclic amines) is 1. The lowest BCUT2D eigenvalue weighted by Crippen LogP contribution is -2.36. The van der Waals surface area contributed by atoms with Gasteiger partial charge in [-0.2, -0.15) is 0 Å². The van der Waals surface area contributed by atoms with Crippen LogP contribution < -0.4 is 0 Å². The zero-order valence-corrected chi connectivity index (χ0v) is 14.5. The van der Waals surface area contributed by atoms with E-state index in [1.54, 1.807) is 0 Å². The molecule has 0 bridgehead atoms. The molecule has 2 fully saturated rings. The molecular formula is C18H34ClNO. The molecule has 1 saturated carbocycles. The van der Waals surface area contributed by atoms with Crippen molar-refractivity contribution in [1.29, 1.82) is 0 Å². The molecule has 0 spiro atoms. The quantitative estimate of drug-likeness (QED) is 0.715. The van der Waals surface area contributed by atoms with Crippen molar-refractivity contribution in [2.75, 3.05) is 19.6 Å². The van der Waals surface area contributed by atoms with Crippen LogP contribution in [-0.2, 0) is 4.79 Å². The largest absolute Gasteiger partial charge is 0.303 e. The molecule has 3 heteroatoms. The van der Waals surface area contributed by atoms with Crippen molar-refractivity contribution in [3.8, 4) is 0 Å². The predicted octanol–water partition coefficient (Wildman–Crippen LogP) is 4.99. The second kappa shape index (κ2) is 11.5. The number of carbonyl (C=O) groups excluding carboxylic acids is 1. The summed E-state index contributed by atoms with van der Waals surface area (Å²) in [6.07, 6.45) is 16.6. The van der Waals surface area contributed by atoms with E-state index in [0.29, 0.717) is 11.7 Å². The number of ketones is 1. The highest BCUT2D eigenvalue weighted by atomic mass is 35.5.